The van der Waals surface area contributed by atoms with E-state index in [1.165, 1.54) is 22.6 Å². The van der Waals surface area contributed by atoms with Gasteiger partial charge in [-0.15, -0.1) is 0 Å². The van der Waals surface area contributed by atoms with Crippen LogP contribution in [-0.4, -0.2) is 38.9 Å². The topological polar surface area (TPSA) is 72.0 Å². The normalized spacial score (nSPS) is 16.6. The molecule has 7 heteroatoms. The number of rotatable bonds is 4. The number of piperazine rings is 1. The van der Waals surface area contributed by atoms with E-state index in [2.05, 4.69) is 12.1 Å². The Morgan fingerprint density at radius 3 is 2.44 bits per heavy atom. The molecule has 2 aromatic carbocycles. The molecular formula is C20H21N2O4S+. The number of hydrogen-bond donors (Lipinski definition) is 1. The van der Waals surface area contributed by atoms with Gasteiger partial charge < -0.3 is 9.32 Å². The molecule has 0 saturated carbocycles. The molecule has 27 heavy (non-hydrogen) atoms. The lowest BCUT2D eigenvalue weighted by Crippen LogP contribution is -3.13. The molecule has 4 rings (SSSR count). The third-order valence-corrected chi connectivity index (χ3v) is 6.85. The molecule has 1 N–H and O–H groups in total. The van der Waals surface area contributed by atoms with Crippen LogP contribution in [0.3, 0.4) is 0 Å². The first-order chi connectivity index (χ1) is 13.0. The fourth-order valence-corrected chi connectivity index (χ4v) is 4.94. The van der Waals surface area contributed by atoms with E-state index in [1.54, 1.807) is 22.5 Å². The summed E-state index contributed by atoms with van der Waals surface area (Å²) < 4.78 is 32.6. The van der Waals surface area contributed by atoms with Crippen molar-refractivity contribution in [3.05, 3.63) is 76.6 Å². The summed E-state index contributed by atoms with van der Waals surface area (Å²) >= 11 is 0. The smallest absolute Gasteiger partial charge is 0.336 e. The van der Waals surface area contributed by atoms with Crippen LogP contribution >= 0.6 is 0 Å². The first-order valence-electron chi connectivity index (χ1n) is 8.94. The van der Waals surface area contributed by atoms with Gasteiger partial charge in [-0.25, -0.2) is 13.2 Å². The number of quaternary nitrogens is 1. The van der Waals surface area contributed by atoms with E-state index >= 15 is 0 Å². The summed E-state index contributed by atoms with van der Waals surface area (Å²) in [5, 5.41) is 0.601. The van der Waals surface area contributed by atoms with Gasteiger partial charge in [-0.3, -0.25) is 0 Å². The number of fused-ring (bicyclic) bond motifs is 1. The molecule has 0 spiro atoms. The molecule has 2 heterocycles. The van der Waals surface area contributed by atoms with Gasteiger partial charge in [0.2, 0.25) is 10.0 Å². The maximum absolute atomic E-state index is 13.0. The standard InChI is InChI=1S/C20H20N2O4S/c23-20-9-6-17-14-18(7-8-19(17)26-20)27(24,25)22-12-10-21(11-13-22)15-16-4-2-1-3-5-16/h1-9,14H,10-13,15H2/p+1. The Balaban J connectivity index is 1.48. The number of benzene rings is 2. The van der Waals surface area contributed by atoms with Gasteiger partial charge >= 0.3 is 5.63 Å². The summed E-state index contributed by atoms with van der Waals surface area (Å²) in [7, 11) is -3.56. The maximum Gasteiger partial charge on any atom is 0.336 e. The molecule has 1 aliphatic heterocycles. The zero-order chi connectivity index (χ0) is 18.9. The first kappa shape index (κ1) is 17.9. The van der Waals surface area contributed by atoms with Crippen LogP contribution in [0.15, 0.2) is 74.8 Å². The molecule has 1 fully saturated rings. The Kier molecular flexibility index (Phi) is 4.82. The van der Waals surface area contributed by atoms with Gasteiger partial charge in [-0.1, -0.05) is 30.3 Å². The lowest BCUT2D eigenvalue weighted by molar-refractivity contribution is -0.917. The predicted molar refractivity (Wildman–Crippen MR) is 102 cm³/mol. The average molecular weight is 385 g/mol. The SMILES string of the molecule is O=c1ccc2cc(S(=O)(=O)N3CC[NH+](Cc4ccccc4)CC3)ccc2o1. The highest BCUT2D eigenvalue weighted by Crippen LogP contribution is 2.21. The second-order valence-corrected chi connectivity index (χ2v) is 8.71. The zero-order valence-electron chi connectivity index (χ0n) is 14.8. The monoisotopic (exact) mass is 385 g/mol. The highest BCUT2D eigenvalue weighted by molar-refractivity contribution is 7.89. The molecule has 6 nitrogen and oxygen atoms in total. The molecule has 0 bridgehead atoms. The van der Waals surface area contributed by atoms with Crippen molar-refractivity contribution in [2.75, 3.05) is 26.2 Å². The van der Waals surface area contributed by atoms with Crippen LogP contribution in [0.2, 0.25) is 0 Å². The van der Waals surface area contributed by atoms with Gasteiger partial charge in [0.15, 0.2) is 0 Å². The highest BCUT2D eigenvalue weighted by atomic mass is 32.2. The van der Waals surface area contributed by atoms with Gasteiger partial charge in [0, 0.05) is 17.0 Å². The summed E-state index contributed by atoms with van der Waals surface area (Å²) in [5.41, 5.74) is 1.20. The molecule has 1 aliphatic rings. The van der Waals surface area contributed by atoms with Crippen molar-refractivity contribution in [1.82, 2.24) is 4.31 Å². The Morgan fingerprint density at radius 2 is 1.70 bits per heavy atom. The van der Waals surface area contributed by atoms with Gasteiger partial charge in [-0.2, -0.15) is 4.31 Å². The van der Waals surface area contributed by atoms with Crippen molar-refractivity contribution in [2.24, 2.45) is 0 Å². The largest absolute Gasteiger partial charge is 0.423 e. The molecule has 0 atom stereocenters. The van der Waals surface area contributed by atoms with E-state index in [0.29, 0.717) is 24.1 Å². The minimum atomic E-state index is -3.56. The Bertz CT molecular complexity index is 1100. The second-order valence-electron chi connectivity index (χ2n) is 6.77. The van der Waals surface area contributed by atoms with Gasteiger partial charge in [0.1, 0.15) is 12.1 Å². The molecular weight excluding hydrogens is 364 g/mol. The number of hydrogen-bond acceptors (Lipinski definition) is 4. The molecule has 3 aromatic rings. The molecule has 0 unspecified atom stereocenters. The van der Waals surface area contributed by atoms with E-state index in [0.717, 1.165) is 19.6 Å². The molecule has 140 valence electrons. The number of nitrogens with one attached hydrogen (secondary N) is 1. The van der Waals surface area contributed by atoms with Crippen molar-refractivity contribution in [3.8, 4) is 0 Å². The summed E-state index contributed by atoms with van der Waals surface area (Å²) in [6.45, 7) is 3.44. The van der Waals surface area contributed by atoms with Crippen molar-refractivity contribution in [3.63, 3.8) is 0 Å². The van der Waals surface area contributed by atoms with Crippen LogP contribution in [0.25, 0.3) is 11.0 Å². The van der Waals surface area contributed by atoms with Crippen LogP contribution in [0.4, 0.5) is 0 Å². The van der Waals surface area contributed by atoms with E-state index in [-0.39, 0.29) is 4.90 Å². The van der Waals surface area contributed by atoms with Gasteiger partial charge in [0.05, 0.1) is 31.1 Å². The van der Waals surface area contributed by atoms with Gasteiger partial charge in [0.25, 0.3) is 0 Å². The fraction of sp³-hybridized carbons (Fsp3) is 0.250. The first-order valence-corrected chi connectivity index (χ1v) is 10.4. The van der Waals surface area contributed by atoms with Crippen molar-refractivity contribution in [2.45, 2.75) is 11.4 Å². The van der Waals surface area contributed by atoms with Crippen molar-refractivity contribution < 1.29 is 17.7 Å². The maximum atomic E-state index is 13.0. The molecule has 1 saturated heterocycles. The van der Waals surface area contributed by atoms with Crippen LogP contribution < -0.4 is 10.5 Å². The lowest BCUT2D eigenvalue weighted by atomic mass is 10.2. The minimum Gasteiger partial charge on any atom is -0.423 e. The summed E-state index contributed by atoms with van der Waals surface area (Å²) in [4.78, 5) is 12.9. The second kappa shape index (κ2) is 7.26. The molecule has 0 aliphatic carbocycles. The average Bonchev–Trinajstić information content (AvgIpc) is 2.69. The fourth-order valence-electron chi connectivity index (χ4n) is 3.46. The minimum absolute atomic E-state index is 0.232. The van der Waals surface area contributed by atoms with E-state index in [4.69, 9.17) is 4.42 Å². The third-order valence-electron chi connectivity index (χ3n) is 4.96. The van der Waals surface area contributed by atoms with E-state index in [1.807, 2.05) is 18.2 Å². The molecule has 1 aromatic heterocycles. The Hall–Kier alpha value is -2.48. The zero-order valence-corrected chi connectivity index (χ0v) is 15.6. The third kappa shape index (κ3) is 3.80. The van der Waals surface area contributed by atoms with Crippen molar-refractivity contribution >= 4 is 21.0 Å². The van der Waals surface area contributed by atoms with Gasteiger partial charge in [-0.05, 0) is 24.3 Å². The summed E-state index contributed by atoms with van der Waals surface area (Å²) in [5.74, 6) is 0. The molecule has 0 radical (unpaired) electrons. The van der Waals surface area contributed by atoms with Crippen LogP contribution in [0.1, 0.15) is 5.56 Å². The van der Waals surface area contributed by atoms with E-state index < -0.39 is 15.6 Å². The van der Waals surface area contributed by atoms with E-state index in [9.17, 15) is 13.2 Å². The lowest BCUT2D eigenvalue weighted by Gasteiger charge is -2.31. The Morgan fingerprint density at radius 1 is 0.963 bits per heavy atom. The number of sulfonamides is 1. The van der Waals surface area contributed by atoms with Crippen LogP contribution in [-0.2, 0) is 16.6 Å². The van der Waals surface area contributed by atoms with Crippen molar-refractivity contribution in [1.29, 1.82) is 0 Å². The summed E-state index contributed by atoms with van der Waals surface area (Å²) in [6, 6.07) is 17.7. The predicted octanol–water partition coefficient (Wildman–Crippen LogP) is 0.882. The van der Waals surface area contributed by atoms with Crippen LogP contribution in [0.5, 0.6) is 0 Å². The Labute approximate surface area is 157 Å². The molecule has 0 amide bonds. The highest BCUT2D eigenvalue weighted by Gasteiger charge is 2.30. The van der Waals surface area contributed by atoms with Crippen LogP contribution in [0, 0.1) is 0 Å². The number of nitrogens with zero attached hydrogens (tertiary/aromatic N) is 1. The summed E-state index contributed by atoms with van der Waals surface area (Å²) in [6.07, 6.45) is 0. The quantitative estimate of drug-likeness (QED) is 0.677.